The highest BCUT2D eigenvalue weighted by atomic mass is 19.4. The highest BCUT2D eigenvalue weighted by Gasteiger charge is 2.57. The second kappa shape index (κ2) is 5.57. The number of nitrogens with one attached hydrogen (secondary N) is 2. The summed E-state index contributed by atoms with van der Waals surface area (Å²) in [5.74, 6) is -0.147. The number of amides is 1. The first-order valence-electron chi connectivity index (χ1n) is 7.56. The molecule has 2 fully saturated rings. The van der Waals surface area contributed by atoms with E-state index in [0.29, 0.717) is 0 Å². The largest absolute Gasteiger partial charge is 0.416 e. The van der Waals surface area contributed by atoms with Gasteiger partial charge in [0, 0.05) is 12.5 Å². The summed E-state index contributed by atoms with van der Waals surface area (Å²) in [4.78, 5) is 12.2. The van der Waals surface area contributed by atoms with Crippen LogP contribution in [-0.2, 0) is 17.5 Å². The van der Waals surface area contributed by atoms with Crippen LogP contribution in [0.25, 0.3) is 0 Å². The van der Waals surface area contributed by atoms with E-state index >= 15 is 0 Å². The van der Waals surface area contributed by atoms with E-state index < -0.39 is 11.7 Å². The van der Waals surface area contributed by atoms with Crippen molar-refractivity contribution in [3.8, 4) is 0 Å². The van der Waals surface area contributed by atoms with Gasteiger partial charge in [-0.05, 0) is 49.4 Å². The molecular formula is C16H19F3N2O. The van der Waals surface area contributed by atoms with Crippen molar-refractivity contribution in [3.05, 3.63) is 35.4 Å². The Morgan fingerprint density at radius 1 is 1.27 bits per heavy atom. The van der Waals surface area contributed by atoms with Gasteiger partial charge in [-0.1, -0.05) is 18.2 Å². The summed E-state index contributed by atoms with van der Waals surface area (Å²) in [6.45, 7) is 1.76. The standard InChI is InChI=1S/C16H19F3N2O/c17-16(18,19)12-4-2-1-3-11(12)10-21-14(22)13-9-15(13)5-7-20-8-6-15/h1-4,13,20H,5-10H2,(H,21,22)/t13-/m1/s1. The highest BCUT2D eigenvalue weighted by Crippen LogP contribution is 2.58. The Kier molecular flexibility index (Phi) is 3.89. The van der Waals surface area contributed by atoms with E-state index in [0.717, 1.165) is 38.4 Å². The molecule has 1 aliphatic heterocycles. The van der Waals surface area contributed by atoms with Crippen molar-refractivity contribution in [3.63, 3.8) is 0 Å². The molecule has 2 N–H and O–H groups in total. The average Bonchev–Trinajstić information content (AvgIpc) is 3.18. The molecule has 1 aliphatic carbocycles. The summed E-state index contributed by atoms with van der Waals surface area (Å²) in [6.07, 6.45) is -1.58. The fourth-order valence-corrected chi connectivity index (χ4v) is 3.45. The van der Waals surface area contributed by atoms with Gasteiger partial charge < -0.3 is 10.6 Å². The summed E-state index contributed by atoms with van der Waals surface area (Å²) in [7, 11) is 0. The molecule has 3 rings (SSSR count). The summed E-state index contributed by atoms with van der Waals surface area (Å²) in [5, 5.41) is 5.95. The Bertz CT molecular complexity index is 565. The first-order chi connectivity index (χ1) is 10.4. The molecule has 22 heavy (non-hydrogen) atoms. The number of hydrogen-bond donors (Lipinski definition) is 2. The van der Waals surface area contributed by atoms with E-state index in [1.54, 1.807) is 6.07 Å². The van der Waals surface area contributed by atoms with Crippen LogP contribution in [-0.4, -0.2) is 19.0 Å². The van der Waals surface area contributed by atoms with Gasteiger partial charge in [-0.15, -0.1) is 0 Å². The number of rotatable bonds is 3. The number of alkyl halides is 3. The molecule has 1 aromatic rings. The van der Waals surface area contributed by atoms with Crippen molar-refractivity contribution >= 4 is 5.91 Å². The second-order valence-electron chi connectivity index (χ2n) is 6.24. The molecule has 0 unspecified atom stereocenters. The fourth-order valence-electron chi connectivity index (χ4n) is 3.45. The minimum atomic E-state index is -4.39. The molecule has 1 atom stereocenters. The Morgan fingerprint density at radius 3 is 2.64 bits per heavy atom. The van der Waals surface area contributed by atoms with E-state index in [-0.39, 0.29) is 29.3 Å². The molecule has 1 saturated heterocycles. The quantitative estimate of drug-likeness (QED) is 0.901. The summed E-state index contributed by atoms with van der Waals surface area (Å²) < 4.78 is 38.7. The SMILES string of the molecule is O=C(NCc1ccccc1C(F)(F)F)[C@H]1CC12CCNCC2. The van der Waals surface area contributed by atoms with Gasteiger partial charge in [-0.2, -0.15) is 13.2 Å². The average molecular weight is 312 g/mol. The van der Waals surface area contributed by atoms with Crippen LogP contribution in [0.15, 0.2) is 24.3 Å². The minimum Gasteiger partial charge on any atom is -0.352 e. The lowest BCUT2D eigenvalue weighted by molar-refractivity contribution is -0.138. The van der Waals surface area contributed by atoms with Gasteiger partial charge >= 0.3 is 6.18 Å². The van der Waals surface area contributed by atoms with Gasteiger partial charge in [0.05, 0.1) is 5.56 Å². The van der Waals surface area contributed by atoms with Crippen LogP contribution >= 0.6 is 0 Å². The van der Waals surface area contributed by atoms with E-state index in [9.17, 15) is 18.0 Å². The Hall–Kier alpha value is -1.56. The van der Waals surface area contributed by atoms with Crippen molar-refractivity contribution in [2.75, 3.05) is 13.1 Å². The van der Waals surface area contributed by atoms with Crippen LogP contribution in [0.3, 0.4) is 0 Å². The lowest BCUT2D eigenvalue weighted by Gasteiger charge is -2.23. The van der Waals surface area contributed by atoms with E-state index in [1.807, 2.05) is 0 Å². The van der Waals surface area contributed by atoms with Gasteiger partial charge in [-0.3, -0.25) is 4.79 Å². The third-order valence-electron chi connectivity index (χ3n) is 4.88. The van der Waals surface area contributed by atoms with Gasteiger partial charge in [-0.25, -0.2) is 0 Å². The van der Waals surface area contributed by atoms with Crippen LogP contribution in [0, 0.1) is 11.3 Å². The number of benzene rings is 1. The zero-order valence-corrected chi connectivity index (χ0v) is 12.2. The number of hydrogen-bond acceptors (Lipinski definition) is 2. The lowest BCUT2D eigenvalue weighted by atomic mass is 9.92. The van der Waals surface area contributed by atoms with Crippen molar-refractivity contribution < 1.29 is 18.0 Å². The Labute approximate surface area is 127 Å². The van der Waals surface area contributed by atoms with Gasteiger partial charge in [0.25, 0.3) is 0 Å². The van der Waals surface area contributed by atoms with Crippen LogP contribution in [0.1, 0.15) is 30.4 Å². The number of piperidine rings is 1. The summed E-state index contributed by atoms with van der Waals surface area (Å²) in [5.41, 5.74) is -0.468. The molecular weight excluding hydrogens is 293 g/mol. The Balaban J connectivity index is 1.61. The molecule has 1 spiro atoms. The maximum absolute atomic E-state index is 12.9. The van der Waals surface area contributed by atoms with Gasteiger partial charge in [0.15, 0.2) is 0 Å². The molecule has 1 heterocycles. The monoisotopic (exact) mass is 312 g/mol. The number of carbonyl (C=O) groups excluding carboxylic acids is 1. The molecule has 1 amide bonds. The van der Waals surface area contributed by atoms with Crippen molar-refractivity contribution in [2.24, 2.45) is 11.3 Å². The number of halogens is 3. The fraction of sp³-hybridized carbons (Fsp3) is 0.562. The molecule has 3 nitrogen and oxygen atoms in total. The second-order valence-corrected chi connectivity index (χ2v) is 6.24. The van der Waals surface area contributed by atoms with E-state index in [1.165, 1.54) is 12.1 Å². The summed E-state index contributed by atoms with van der Waals surface area (Å²) in [6, 6.07) is 5.38. The maximum Gasteiger partial charge on any atom is 0.416 e. The van der Waals surface area contributed by atoms with Crippen molar-refractivity contribution in [1.29, 1.82) is 0 Å². The maximum atomic E-state index is 12.9. The minimum absolute atomic E-state index is 0.0346. The van der Waals surface area contributed by atoms with Crippen molar-refractivity contribution in [2.45, 2.75) is 32.0 Å². The van der Waals surface area contributed by atoms with E-state index in [2.05, 4.69) is 10.6 Å². The van der Waals surface area contributed by atoms with Gasteiger partial charge in [0.2, 0.25) is 5.91 Å². The van der Waals surface area contributed by atoms with Gasteiger partial charge in [0.1, 0.15) is 0 Å². The normalized spacial score (nSPS) is 23.3. The van der Waals surface area contributed by atoms with E-state index in [4.69, 9.17) is 0 Å². The lowest BCUT2D eigenvalue weighted by Crippen LogP contribution is -2.33. The third-order valence-corrected chi connectivity index (χ3v) is 4.88. The van der Waals surface area contributed by atoms with Crippen LogP contribution < -0.4 is 10.6 Å². The van der Waals surface area contributed by atoms with Crippen LogP contribution in [0.5, 0.6) is 0 Å². The molecule has 0 bridgehead atoms. The first-order valence-corrected chi connectivity index (χ1v) is 7.56. The molecule has 0 aromatic heterocycles. The highest BCUT2D eigenvalue weighted by molar-refractivity contribution is 5.82. The first kappa shape index (κ1) is 15.3. The summed E-state index contributed by atoms with van der Waals surface area (Å²) >= 11 is 0. The predicted octanol–water partition coefficient (Wildman–Crippen LogP) is 2.71. The Morgan fingerprint density at radius 2 is 1.95 bits per heavy atom. The zero-order valence-electron chi connectivity index (χ0n) is 12.2. The molecule has 6 heteroatoms. The zero-order chi connectivity index (χ0) is 15.8. The third kappa shape index (κ3) is 2.97. The van der Waals surface area contributed by atoms with Crippen molar-refractivity contribution in [1.82, 2.24) is 10.6 Å². The van der Waals surface area contributed by atoms with Crippen LogP contribution in [0.4, 0.5) is 13.2 Å². The number of carbonyl (C=O) groups is 1. The molecule has 1 saturated carbocycles. The molecule has 120 valence electrons. The molecule has 0 radical (unpaired) electrons. The molecule has 1 aromatic carbocycles. The van der Waals surface area contributed by atoms with Crippen LogP contribution in [0.2, 0.25) is 0 Å². The smallest absolute Gasteiger partial charge is 0.352 e. The molecule has 2 aliphatic rings. The topological polar surface area (TPSA) is 41.1 Å². The predicted molar refractivity (Wildman–Crippen MR) is 75.9 cm³/mol.